The van der Waals surface area contributed by atoms with Gasteiger partial charge in [-0.25, -0.2) is 4.79 Å². The van der Waals surface area contributed by atoms with Crippen LogP contribution >= 0.6 is 0 Å². The van der Waals surface area contributed by atoms with E-state index in [-0.39, 0.29) is 61.6 Å². The molecule has 0 radical (unpaired) electrons. The summed E-state index contributed by atoms with van der Waals surface area (Å²) in [7, 11) is 4.78. The molecular weight excluding hydrogens is 730 g/mol. The number of hydrogen-bond donors (Lipinski definition) is 3. The van der Waals surface area contributed by atoms with Crippen molar-refractivity contribution in [3.8, 4) is 0 Å². The summed E-state index contributed by atoms with van der Waals surface area (Å²) in [5.74, 6) is -4.42. The number of methoxy groups -OCH3 is 3. The predicted octanol–water partition coefficient (Wildman–Crippen LogP) is 5.30. The number of Topliss-reactive ketones (excluding diaryl/α,β-unsaturated/α-hetero) is 2. The molecule has 57 heavy (non-hydrogen) atoms. The molecule has 0 spiro atoms. The van der Waals surface area contributed by atoms with Crippen molar-refractivity contribution in [3.05, 3.63) is 36.0 Å². The highest BCUT2D eigenvalue weighted by Crippen LogP contribution is 2.43. The monoisotopic (exact) mass is 802 g/mol. The topological polar surface area (TPSA) is 169 Å². The van der Waals surface area contributed by atoms with Crippen LogP contribution in [-0.2, 0) is 38.1 Å². The molecule has 2 aliphatic carbocycles. The number of aliphatic hydroxyl groups excluding tert-OH is 2. The minimum absolute atomic E-state index is 0.00187. The standard InChI is InChI=1S/C45H71NO11/c1-10-13-32-19-26(2)18-27(3)20-38(54-7)33-25-45(53,29(5)22-39(33)55-8)42(50)43(51)46-17-12-11-14-34(46)44(52)57-41(30(6)36(48)24-37(32)49)28(4)21-31-15-16-35(47)40(23-31)56-9/h10,19,21,26-27,29-31,33-36,38-41,47-48,53H,1,11-18,20,22-25H2,2-9H3/t26?,27-,29+,30+,31-,33+,34-,35+,36-,38-,39-,40+,41+,45-/m0/s1. The molecule has 12 nitrogen and oxygen atoms in total. The third-order valence-electron chi connectivity index (χ3n) is 13.5. The molecule has 14 atom stereocenters. The molecule has 1 unspecified atom stereocenters. The maximum Gasteiger partial charge on any atom is 0.329 e. The highest BCUT2D eigenvalue weighted by atomic mass is 16.5. The minimum Gasteiger partial charge on any atom is -0.456 e. The van der Waals surface area contributed by atoms with Crippen molar-refractivity contribution in [2.45, 2.75) is 160 Å². The lowest BCUT2D eigenvalue weighted by Gasteiger charge is -2.47. The Balaban J connectivity index is 1.78. The first kappa shape index (κ1) is 46.9. The SMILES string of the molecule is C=CCC1=CC(C)C[C@H](C)C[C@H](OC)[C@H]2C[C@@](O)(C(=O)C(=O)N3CCCC[C@H]3C(=O)O[C@H](C(C)=C[C@@H]3CC[C@@H](O)[C@H](OC)C3)[C@H](C)[C@@H](O)CC1=O)[C@H](C)C[C@@H]2OC. The fraction of sp³-hybridized carbons (Fsp3) is 0.778. The number of hydrogen-bond acceptors (Lipinski definition) is 11. The zero-order chi connectivity index (χ0) is 42.2. The summed E-state index contributed by atoms with van der Waals surface area (Å²) < 4.78 is 23.8. The van der Waals surface area contributed by atoms with Crippen molar-refractivity contribution < 1.29 is 53.4 Å². The number of allylic oxidation sites excluding steroid dienone is 4. The number of carbonyl (C=O) groups excluding carboxylic acids is 4. The van der Waals surface area contributed by atoms with Crippen molar-refractivity contribution >= 4 is 23.4 Å². The molecule has 1 amide bonds. The van der Waals surface area contributed by atoms with E-state index in [1.807, 2.05) is 26.0 Å². The Kier molecular flexibility index (Phi) is 17.3. The van der Waals surface area contributed by atoms with Gasteiger partial charge in [-0.3, -0.25) is 14.4 Å². The highest BCUT2D eigenvalue weighted by Gasteiger charge is 2.55. The Hall–Kier alpha value is -2.74. The summed E-state index contributed by atoms with van der Waals surface area (Å²) in [5, 5.41) is 34.4. The number of carbonyl (C=O) groups is 4. The Bertz CT molecular complexity index is 1480. The molecule has 2 aliphatic heterocycles. The van der Waals surface area contributed by atoms with E-state index in [4.69, 9.17) is 18.9 Å². The maximum atomic E-state index is 14.3. The molecule has 12 heteroatoms. The first-order chi connectivity index (χ1) is 27.0. The molecular formula is C45H71NO11. The average Bonchev–Trinajstić information content (AvgIpc) is 3.18. The second-order valence-electron chi connectivity index (χ2n) is 17.8. The first-order valence-corrected chi connectivity index (χ1v) is 21.2. The number of ether oxygens (including phenoxy) is 4. The summed E-state index contributed by atoms with van der Waals surface area (Å²) in [6, 6.07) is -1.09. The van der Waals surface area contributed by atoms with Gasteiger partial charge in [0.2, 0.25) is 0 Å². The number of aliphatic hydroxyl groups is 3. The van der Waals surface area contributed by atoms with Gasteiger partial charge in [0.25, 0.3) is 11.7 Å². The Morgan fingerprint density at radius 3 is 2.23 bits per heavy atom. The Morgan fingerprint density at radius 1 is 0.912 bits per heavy atom. The van der Waals surface area contributed by atoms with Crippen LogP contribution in [0.4, 0.5) is 0 Å². The largest absolute Gasteiger partial charge is 0.456 e. The maximum absolute atomic E-state index is 14.3. The summed E-state index contributed by atoms with van der Waals surface area (Å²) in [6.45, 7) is 13.5. The number of rotatable bonds is 7. The number of fused-ring (bicyclic) bond motifs is 3. The van der Waals surface area contributed by atoms with E-state index < -0.39 is 71.5 Å². The third-order valence-corrected chi connectivity index (χ3v) is 13.5. The van der Waals surface area contributed by atoms with Gasteiger partial charge in [-0.1, -0.05) is 45.9 Å². The number of amides is 1. The Morgan fingerprint density at radius 2 is 1.58 bits per heavy atom. The molecule has 0 aromatic heterocycles. The van der Waals surface area contributed by atoms with Crippen molar-refractivity contribution in [2.75, 3.05) is 27.9 Å². The van der Waals surface area contributed by atoms with Crippen LogP contribution in [0.15, 0.2) is 36.0 Å². The van der Waals surface area contributed by atoms with Crippen LogP contribution in [0.2, 0.25) is 0 Å². The van der Waals surface area contributed by atoms with E-state index in [1.54, 1.807) is 41.3 Å². The van der Waals surface area contributed by atoms with Crippen LogP contribution in [0, 0.1) is 35.5 Å². The van der Waals surface area contributed by atoms with Crippen molar-refractivity contribution in [3.63, 3.8) is 0 Å². The molecule has 2 bridgehead atoms. The number of ketones is 2. The van der Waals surface area contributed by atoms with Crippen LogP contribution in [0.1, 0.15) is 112 Å². The molecule has 322 valence electrons. The smallest absolute Gasteiger partial charge is 0.329 e. The predicted molar refractivity (Wildman–Crippen MR) is 216 cm³/mol. The second-order valence-corrected chi connectivity index (χ2v) is 17.8. The molecule has 3 fully saturated rings. The quantitative estimate of drug-likeness (QED) is 0.174. The molecule has 4 rings (SSSR count). The van der Waals surface area contributed by atoms with Gasteiger partial charge in [0.05, 0.1) is 30.5 Å². The summed E-state index contributed by atoms with van der Waals surface area (Å²) in [4.78, 5) is 58.1. The molecule has 0 aromatic carbocycles. The van der Waals surface area contributed by atoms with Gasteiger partial charge in [-0.15, -0.1) is 6.58 Å². The molecule has 2 saturated carbocycles. The van der Waals surface area contributed by atoms with Gasteiger partial charge >= 0.3 is 5.97 Å². The van der Waals surface area contributed by atoms with Crippen molar-refractivity contribution in [2.24, 2.45) is 35.5 Å². The highest BCUT2D eigenvalue weighted by molar-refractivity contribution is 6.39. The molecule has 4 aliphatic rings. The molecule has 1 saturated heterocycles. The summed E-state index contributed by atoms with van der Waals surface area (Å²) in [6.07, 6.45) is 6.80. The van der Waals surface area contributed by atoms with Crippen LogP contribution in [0.3, 0.4) is 0 Å². The van der Waals surface area contributed by atoms with Crippen molar-refractivity contribution in [1.29, 1.82) is 0 Å². The van der Waals surface area contributed by atoms with Crippen LogP contribution < -0.4 is 0 Å². The zero-order valence-corrected chi connectivity index (χ0v) is 35.7. The lowest BCUT2D eigenvalue weighted by atomic mass is 9.65. The van der Waals surface area contributed by atoms with Crippen LogP contribution in [0.25, 0.3) is 0 Å². The third kappa shape index (κ3) is 11.3. The molecule has 3 N–H and O–H groups in total. The zero-order valence-electron chi connectivity index (χ0n) is 35.7. The lowest BCUT2D eigenvalue weighted by molar-refractivity contribution is -0.178. The van der Waals surface area contributed by atoms with E-state index in [0.717, 1.165) is 6.42 Å². The number of cyclic esters (lactones) is 1. The average molecular weight is 802 g/mol. The fourth-order valence-corrected chi connectivity index (χ4v) is 10.1. The van der Waals surface area contributed by atoms with Gasteiger partial charge in [-0.2, -0.15) is 0 Å². The van der Waals surface area contributed by atoms with Gasteiger partial charge in [-0.05, 0) is 112 Å². The first-order valence-electron chi connectivity index (χ1n) is 21.2. The van der Waals surface area contributed by atoms with Crippen LogP contribution in [-0.4, -0.2) is 120 Å². The van der Waals surface area contributed by atoms with E-state index in [1.165, 1.54) is 4.90 Å². The van der Waals surface area contributed by atoms with E-state index >= 15 is 0 Å². The lowest BCUT2D eigenvalue weighted by Crippen LogP contribution is -2.61. The number of esters is 1. The van der Waals surface area contributed by atoms with Gasteiger partial charge in [0.1, 0.15) is 17.7 Å². The summed E-state index contributed by atoms with van der Waals surface area (Å²) >= 11 is 0. The number of nitrogens with zero attached hydrogens (tertiary/aromatic N) is 1. The van der Waals surface area contributed by atoms with Crippen molar-refractivity contribution in [1.82, 2.24) is 4.90 Å². The molecule has 2 heterocycles. The molecule has 0 aromatic rings. The number of piperidine rings is 1. The van der Waals surface area contributed by atoms with E-state index in [2.05, 4.69) is 13.5 Å². The normalized spacial score (nSPS) is 40.1. The van der Waals surface area contributed by atoms with Gasteiger partial charge < -0.3 is 39.2 Å². The van der Waals surface area contributed by atoms with E-state index in [9.17, 15) is 34.5 Å². The van der Waals surface area contributed by atoms with Gasteiger partial charge in [0, 0.05) is 46.1 Å². The second kappa shape index (κ2) is 21.0. The summed E-state index contributed by atoms with van der Waals surface area (Å²) in [5.41, 5.74) is -0.785. The fourth-order valence-electron chi connectivity index (χ4n) is 10.1. The Labute approximate surface area is 340 Å². The van der Waals surface area contributed by atoms with E-state index in [0.29, 0.717) is 62.5 Å². The van der Waals surface area contributed by atoms with Crippen LogP contribution in [0.5, 0.6) is 0 Å². The minimum atomic E-state index is -2.01. The van der Waals surface area contributed by atoms with Gasteiger partial charge in [0.15, 0.2) is 5.78 Å².